The standard InChI is InChI=1S/C19H20N4O/c1-14(24)21-16-8-6-15(7-9-16)10-22-11-17(12-22)23-13-20-18-4-2-3-5-19(18)23/h2-9,13,17H,10-12H2,1H3,(H,21,24). The minimum atomic E-state index is -0.0408. The molecule has 1 fully saturated rings. The number of fused-ring (bicyclic) bond motifs is 1. The number of likely N-dealkylation sites (tertiary alicyclic amines) is 1. The number of aromatic nitrogens is 2. The average Bonchev–Trinajstić information content (AvgIpc) is 2.95. The Labute approximate surface area is 140 Å². The van der Waals surface area contributed by atoms with Gasteiger partial charge in [0.05, 0.1) is 23.4 Å². The van der Waals surface area contributed by atoms with E-state index >= 15 is 0 Å². The molecule has 2 aromatic carbocycles. The average molecular weight is 320 g/mol. The largest absolute Gasteiger partial charge is 0.326 e. The molecule has 122 valence electrons. The van der Waals surface area contributed by atoms with Crippen molar-refractivity contribution in [2.24, 2.45) is 0 Å². The molecule has 1 aliphatic heterocycles. The molecule has 1 aromatic heterocycles. The summed E-state index contributed by atoms with van der Waals surface area (Å²) in [5, 5.41) is 2.79. The maximum Gasteiger partial charge on any atom is 0.221 e. The van der Waals surface area contributed by atoms with E-state index in [9.17, 15) is 4.79 Å². The Bertz CT molecular complexity index is 862. The molecular weight excluding hydrogens is 300 g/mol. The van der Waals surface area contributed by atoms with Gasteiger partial charge in [-0.25, -0.2) is 4.98 Å². The highest BCUT2D eigenvalue weighted by Gasteiger charge is 2.28. The predicted octanol–water partition coefficient (Wildman–Crippen LogP) is 3.05. The van der Waals surface area contributed by atoms with Gasteiger partial charge in [-0.15, -0.1) is 0 Å². The van der Waals surface area contributed by atoms with Crippen LogP contribution in [-0.2, 0) is 11.3 Å². The van der Waals surface area contributed by atoms with E-state index in [4.69, 9.17) is 0 Å². The second kappa shape index (κ2) is 6.09. The summed E-state index contributed by atoms with van der Waals surface area (Å²) in [6, 6.07) is 16.8. The van der Waals surface area contributed by atoms with Crippen LogP contribution < -0.4 is 5.32 Å². The van der Waals surface area contributed by atoms with Crippen LogP contribution in [0.2, 0.25) is 0 Å². The molecule has 2 heterocycles. The first-order valence-corrected chi connectivity index (χ1v) is 8.19. The predicted molar refractivity (Wildman–Crippen MR) is 94.8 cm³/mol. The quantitative estimate of drug-likeness (QED) is 0.804. The van der Waals surface area contributed by atoms with E-state index in [-0.39, 0.29) is 5.91 Å². The maximum atomic E-state index is 11.0. The van der Waals surface area contributed by atoms with Crippen LogP contribution in [0.4, 0.5) is 5.69 Å². The summed E-state index contributed by atoms with van der Waals surface area (Å²) in [5.41, 5.74) is 4.38. The molecule has 0 atom stereocenters. The van der Waals surface area contributed by atoms with Gasteiger partial charge in [0, 0.05) is 32.2 Å². The number of nitrogens with zero attached hydrogens (tertiary/aromatic N) is 3. The van der Waals surface area contributed by atoms with Crippen molar-refractivity contribution in [3.8, 4) is 0 Å². The van der Waals surface area contributed by atoms with Crippen molar-refractivity contribution in [2.45, 2.75) is 19.5 Å². The van der Waals surface area contributed by atoms with Crippen LogP contribution in [0.15, 0.2) is 54.9 Å². The molecule has 24 heavy (non-hydrogen) atoms. The van der Waals surface area contributed by atoms with Gasteiger partial charge in [-0.05, 0) is 29.8 Å². The van der Waals surface area contributed by atoms with Crippen molar-refractivity contribution < 1.29 is 4.79 Å². The van der Waals surface area contributed by atoms with E-state index in [0.29, 0.717) is 6.04 Å². The van der Waals surface area contributed by atoms with Crippen molar-refractivity contribution in [1.82, 2.24) is 14.5 Å². The number of nitrogens with one attached hydrogen (secondary N) is 1. The Balaban J connectivity index is 1.37. The molecule has 0 bridgehead atoms. The second-order valence-corrected chi connectivity index (χ2v) is 6.37. The van der Waals surface area contributed by atoms with Crippen LogP contribution in [0.25, 0.3) is 11.0 Å². The summed E-state index contributed by atoms with van der Waals surface area (Å²) >= 11 is 0. The summed E-state index contributed by atoms with van der Waals surface area (Å²) in [5.74, 6) is -0.0408. The first-order valence-electron chi connectivity index (χ1n) is 8.19. The molecule has 0 aliphatic carbocycles. The third-order valence-corrected chi connectivity index (χ3v) is 4.49. The fourth-order valence-electron chi connectivity index (χ4n) is 3.27. The highest BCUT2D eigenvalue weighted by atomic mass is 16.1. The van der Waals surface area contributed by atoms with Gasteiger partial charge < -0.3 is 9.88 Å². The zero-order valence-corrected chi connectivity index (χ0v) is 13.6. The van der Waals surface area contributed by atoms with Crippen LogP contribution >= 0.6 is 0 Å². The summed E-state index contributed by atoms with van der Waals surface area (Å²) < 4.78 is 2.28. The van der Waals surface area contributed by atoms with E-state index in [2.05, 4.69) is 50.1 Å². The lowest BCUT2D eigenvalue weighted by atomic mass is 10.1. The monoisotopic (exact) mass is 320 g/mol. The molecule has 0 radical (unpaired) electrons. The lowest BCUT2D eigenvalue weighted by Crippen LogP contribution is -2.46. The van der Waals surface area contributed by atoms with E-state index in [0.717, 1.165) is 30.8 Å². The molecule has 0 unspecified atom stereocenters. The van der Waals surface area contributed by atoms with Crippen LogP contribution in [0.1, 0.15) is 18.5 Å². The van der Waals surface area contributed by atoms with E-state index < -0.39 is 0 Å². The van der Waals surface area contributed by atoms with Gasteiger partial charge in [-0.2, -0.15) is 0 Å². The van der Waals surface area contributed by atoms with E-state index in [1.54, 1.807) is 0 Å². The van der Waals surface area contributed by atoms with Crippen molar-refractivity contribution in [1.29, 1.82) is 0 Å². The second-order valence-electron chi connectivity index (χ2n) is 6.37. The Kier molecular flexibility index (Phi) is 3.78. The number of anilines is 1. The highest BCUT2D eigenvalue weighted by Crippen LogP contribution is 2.27. The number of carbonyl (C=O) groups excluding carboxylic acids is 1. The smallest absolute Gasteiger partial charge is 0.221 e. The van der Waals surface area contributed by atoms with Gasteiger partial charge in [0.25, 0.3) is 0 Å². The number of benzene rings is 2. The fraction of sp³-hybridized carbons (Fsp3) is 0.263. The summed E-state index contributed by atoms with van der Waals surface area (Å²) in [6.45, 7) is 4.53. The molecule has 0 saturated carbocycles. The molecular formula is C19H20N4O. The van der Waals surface area contributed by atoms with E-state index in [1.807, 2.05) is 24.5 Å². The number of para-hydroxylation sites is 2. The van der Waals surface area contributed by atoms with Gasteiger partial charge >= 0.3 is 0 Å². The number of hydrogen-bond acceptors (Lipinski definition) is 3. The number of imidazole rings is 1. The molecule has 5 nitrogen and oxygen atoms in total. The molecule has 1 aliphatic rings. The van der Waals surface area contributed by atoms with Gasteiger partial charge in [-0.1, -0.05) is 24.3 Å². The van der Waals surface area contributed by atoms with E-state index in [1.165, 1.54) is 18.0 Å². The Hall–Kier alpha value is -2.66. The SMILES string of the molecule is CC(=O)Nc1ccc(CN2CC(n3cnc4ccccc43)C2)cc1. The maximum absolute atomic E-state index is 11.0. The summed E-state index contributed by atoms with van der Waals surface area (Å²) in [7, 11) is 0. The summed E-state index contributed by atoms with van der Waals surface area (Å²) in [6.07, 6.45) is 1.95. The number of carbonyl (C=O) groups is 1. The van der Waals surface area contributed by atoms with Gasteiger partial charge in [-0.3, -0.25) is 9.69 Å². The van der Waals surface area contributed by atoms with Crippen molar-refractivity contribution in [3.63, 3.8) is 0 Å². The molecule has 1 saturated heterocycles. The van der Waals surface area contributed by atoms with Crippen LogP contribution in [-0.4, -0.2) is 33.4 Å². The van der Waals surface area contributed by atoms with Gasteiger partial charge in [0.15, 0.2) is 0 Å². The summed E-state index contributed by atoms with van der Waals surface area (Å²) in [4.78, 5) is 17.9. The topological polar surface area (TPSA) is 50.2 Å². The molecule has 5 heteroatoms. The lowest BCUT2D eigenvalue weighted by molar-refractivity contribution is -0.114. The number of rotatable bonds is 4. The Morgan fingerprint density at radius 1 is 1.17 bits per heavy atom. The van der Waals surface area contributed by atoms with Crippen molar-refractivity contribution in [2.75, 3.05) is 18.4 Å². The molecule has 4 rings (SSSR count). The number of amides is 1. The van der Waals surface area contributed by atoms with Crippen LogP contribution in [0.5, 0.6) is 0 Å². The minimum Gasteiger partial charge on any atom is -0.326 e. The van der Waals surface area contributed by atoms with Crippen LogP contribution in [0.3, 0.4) is 0 Å². The van der Waals surface area contributed by atoms with Crippen LogP contribution in [0, 0.1) is 0 Å². The third kappa shape index (κ3) is 2.90. The highest BCUT2D eigenvalue weighted by molar-refractivity contribution is 5.88. The molecule has 0 spiro atoms. The van der Waals surface area contributed by atoms with Gasteiger partial charge in [0.2, 0.25) is 5.91 Å². The minimum absolute atomic E-state index is 0.0408. The lowest BCUT2D eigenvalue weighted by Gasteiger charge is -2.40. The number of hydrogen-bond donors (Lipinski definition) is 1. The molecule has 3 aromatic rings. The third-order valence-electron chi connectivity index (χ3n) is 4.49. The zero-order chi connectivity index (χ0) is 16.5. The molecule has 1 N–H and O–H groups in total. The Morgan fingerprint density at radius 3 is 2.67 bits per heavy atom. The zero-order valence-electron chi connectivity index (χ0n) is 13.6. The Morgan fingerprint density at radius 2 is 1.92 bits per heavy atom. The first kappa shape index (κ1) is 14.9. The van der Waals surface area contributed by atoms with Crippen molar-refractivity contribution in [3.05, 3.63) is 60.4 Å². The van der Waals surface area contributed by atoms with Gasteiger partial charge in [0.1, 0.15) is 0 Å². The molecule has 1 amide bonds. The van der Waals surface area contributed by atoms with Crippen molar-refractivity contribution >= 4 is 22.6 Å². The first-order chi connectivity index (χ1) is 11.7. The normalized spacial score (nSPS) is 15.4. The fourth-order valence-corrected chi connectivity index (χ4v) is 3.27.